The van der Waals surface area contributed by atoms with Crippen LogP contribution in [0.3, 0.4) is 0 Å². The molecule has 1 aliphatic heterocycles. The van der Waals surface area contributed by atoms with Gasteiger partial charge < -0.3 is 5.32 Å². The van der Waals surface area contributed by atoms with E-state index in [9.17, 15) is 13.2 Å². The highest BCUT2D eigenvalue weighted by atomic mass is 35.5. The summed E-state index contributed by atoms with van der Waals surface area (Å²) >= 11 is 6.00. The van der Waals surface area contributed by atoms with Crippen molar-refractivity contribution in [1.82, 2.24) is 9.78 Å². The minimum absolute atomic E-state index is 0.0296. The van der Waals surface area contributed by atoms with Crippen LogP contribution in [-0.4, -0.2) is 35.6 Å². The molecule has 3 aromatic rings. The second-order valence-electron chi connectivity index (χ2n) is 7.68. The van der Waals surface area contributed by atoms with Crippen LogP contribution in [0, 0.1) is 13.8 Å². The molecule has 1 amide bonds. The smallest absolute Gasteiger partial charge is 0.276 e. The summed E-state index contributed by atoms with van der Waals surface area (Å²) in [5, 5.41) is 7.83. The number of aryl methyl sites for hydroxylation is 2. The largest absolute Gasteiger partial charge is 0.321 e. The van der Waals surface area contributed by atoms with Crippen molar-refractivity contribution in [2.45, 2.75) is 26.3 Å². The van der Waals surface area contributed by atoms with Crippen molar-refractivity contribution in [3.05, 3.63) is 70.4 Å². The Hall–Kier alpha value is -2.64. The van der Waals surface area contributed by atoms with E-state index in [-0.39, 0.29) is 29.1 Å². The average Bonchev–Trinajstić information content (AvgIpc) is 3.27. The van der Waals surface area contributed by atoms with Gasteiger partial charge in [0.15, 0.2) is 15.5 Å². The van der Waals surface area contributed by atoms with Crippen LogP contribution >= 0.6 is 11.6 Å². The number of benzene rings is 2. The topological polar surface area (TPSA) is 81.1 Å². The summed E-state index contributed by atoms with van der Waals surface area (Å²) in [4.78, 5) is 12.8. The molecule has 1 aromatic heterocycles. The Morgan fingerprint density at radius 3 is 2.60 bits per heavy atom. The number of carbonyl (C=O) groups excluding carboxylic acids is 1. The summed E-state index contributed by atoms with van der Waals surface area (Å²) in [5.74, 6) is -0.211. The van der Waals surface area contributed by atoms with Gasteiger partial charge in [0.1, 0.15) is 0 Å². The van der Waals surface area contributed by atoms with Crippen molar-refractivity contribution in [3.63, 3.8) is 0 Å². The lowest BCUT2D eigenvalue weighted by molar-refractivity contribution is 0.102. The van der Waals surface area contributed by atoms with Crippen LogP contribution in [0.4, 0.5) is 5.69 Å². The van der Waals surface area contributed by atoms with Gasteiger partial charge in [0.2, 0.25) is 0 Å². The summed E-state index contributed by atoms with van der Waals surface area (Å²) in [5.41, 5.74) is 4.70. The van der Waals surface area contributed by atoms with Gasteiger partial charge in [-0.05, 0) is 61.7 Å². The van der Waals surface area contributed by atoms with Gasteiger partial charge in [-0.1, -0.05) is 29.8 Å². The molecule has 0 aliphatic carbocycles. The zero-order valence-electron chi connectivity index (χ0n) is 16.7. The normalized spacial score (nSPS) is 17.8. The highest BCUT2D eigenvalue weighted by Gasteiger charge is 2.32. The number of sulfone groups is 1. The Morgan fingerprint density at radius 2 is 1.93 bits per heavy atom. The summed E-state index contributed by atoms with van der Waals surface area (Å²) < 4.78 is 25.8. The van der Waals surface area contributed by atoms with E-state index < -0.39 is 9.84 Å². The maximum absolute atomic E-state index is 12.8. The highest BCUT2D eigenvalue weighted by Crippen LogP contribution is 2.31. The van der Waals surface area contributed by atoms with Gasteiger partial charge >= 0.3 is 0 Å². The molecule has 4 rings (SSSR count). The first-order valence-electron chi connectivity index (χ1n) is 9.66. The molecule has 30 heavy (non-hydrogen) atoms. The number of rotatable bonds is 4. The van der Waals surface area contributed by atoms with E-state index in [1.54, 1.807) is 35.0 Å². The molecule has 8 heteroatoms. The fraction of sp³-hybridized carbons (Fsp3) is 0.273. The molecule has 1 atom stereocenters. The zero-order chi connectivity index (χ0) is 21.5. The molecule has 1 aliphatic rings. The number of carbonyl (C=O) groups is 1. The highest BCUT2D eigenvalue weighted by molar-refractivity contribution is 7.91. The van der Waals surface area contributed by atoms with E-state index >= 15 is 0 Å². The zero-order valence-corrected chi connectivity index (χ0v) is 18.3. The molecule has 2 heterocycles. The van der Waals surface area contributed by atoms with Crippen molar-refractivity contribution in [2.75, 3.05) is 16.8 Å². The van der Waals surface area contributed by atoms with Crippen molar-refractivity contribution < 1.29 is 13.2 Å². The summed E-state index contributed by atoms with van der Waals surface area (Å²) in [7, 11) is -3.10. The second-order valence-corrected chi connectivity index (χ2v) is 10.3. The van der Waals surface area contributed by atoms with Crippen LogP contribution in [0.1, 0.15) is 34.1 Å². The third kappa shape index (κ3) is 4.27. The summed E-state index contributed by atoms with van der Waals surface area (Å²) in [6.45, 7) is 4.05. The van der Waals surface area contributed by atoms with Crippen molar-refractivity contribution >= 4 is 33.0 Å². The average molecular weight is 444 g/mol. The third-order valence-electron chi connectivity index (χ3n) is 5.41. The van der Waals surface area contributed by atoms with E-state index in [0.29, 0.717) is 17.1 Å². The van der Waals surface area contributed by atoms with Crippen LogP contribution < -0.4 is 5.32 Å². The Balaban J connectivity index is 1.73. The lowest BCUT2D eigenvalue weighted by Crippen LogP contribution is -2.16. The Labute approximate surface area is 180 Å². The van der Waals surface area contributed by atoms with Crippen LogP contribution in [0.2, 0.25) is 5.02 Å². The standard InChI is InChI=1S/C22H22ClN3O3S/c1-14-6-7-16(10-15(14)2)21-12-20(22(27)24-18-5-3-4-17(23)11-18)25-26(21)19-8-9-30(28,29)13-19/h3-7,10-12,19H,8-9,13H2,1-2H3,(H,24,27). The molecule has 0 bridgehead atoms. The van der Waals surface area contributed by atoms with Crippen LogP contribution in [0.15, 0.2) is 48.5 Å². The van der Waals surface area contributed by atoms with E-state index in [1.165, 1.54) is 0 Å². The number of anilines is 1. The quantitative estimate of drug-likeness (QED) is 0.646. The summed E-state index contributed by atoms with van der Waals surface area (Å²) in [6, 6.07) is 14.3. The van der Waals surface area contributed by atoms with Crippen molar-refractivity contribution in [2.24, 2.45) is 0 Å². The fourth-order valence-corrected chi connectivity index (χ4v) is 5.51. The van der Waals surface area contributed by atoms with E-state index in [2.05, 4.69) is 10.4 Å². The molecule has 1 fully saturated rings. The van der Waals surface area contributed by atoms with E-state index in [4.69, 9.17) is 11.6 Å². The first kappa shape index (κ1) is 20.6. The van der Waals surface area contributed by atoms with Crippen molar-refractivity contribution in [1.29, 1.82) is 0 Å². The van der Waals surface area contributed by atoms with Crippen molar-refractivity contribution in [3.8, 4) is 11.3 Å². The molecule has 1 N–H and O–H groups in total. The lowest BCUT2D eigenvalue weighted by atomic mass is 10.0. The van der Waals surface area contributed by atoms with Crippen LogP contribution in [0.25, 0.3) is 11.3 Å². The lowest BCUT2D eigenvalue weighted by Gasteiger charge is -2.14. The van der Waals surface area contributed by atoms with E-state index in [0.717, 1.165) is 22.4 Å². The number of halogens is 1. The number of hydrogen-bond acceptors (Lipinski definition) is 4. The number of hydrogen-bond donors (Lipinski definition) is 1. The number of nitrogens with one attached hydrogen (secondary N) is 1. The second kappa shape index (κ2) is 7.89. The van der Waals surface area contributed by atoms with Gasteiger partial charge in [-0.2, -0.15) is 5.10 Å². The van der Waals surface area contributed by atoms with Crippen LogP contribution in [-0.2, 0) is 9.84 Å². The first-order chi connectivity index (χ1) is 14.2. The summed E-state index contributed by atoms with van der Waals surface area (Å²) in [6.07, 6.45) is 0.483. The fourth-order valence-electron chi connectivity index (χ4n) is 3.63. The van der Waals surface area contributed by atoms with Gasteiger partial charge in [0.25, 0.3) is 5.91 Å². The minimum atomic E-state index is -3.10. The molecular formula is C22H22ClN3O3S. The van der Waals surface area contributed by atoms with Gasteiger partial charge in [-0.15, -0.1) is 0 Å². The van der Waals surface area contributed by atoms with Crippen LogP contribution in [0.5, 0.6) is 0 Å². The molecule has 156 valence electrons. The molecule has 1 unspecified atom stereocenters. The molecule has 0 radical (unpaired) electrons. The molecule has 0 spiro atoms. The minimum Gasteiger partial charge on any atom is -0.321 e. The first-order valence-corrected chi connectivity index (χ1v) is 11.9. The Bertz CT molecular complexity index is 1230. The predicted molar refractivity (Wildman–Crippen MR) is 119 cm³/mol. The molecule has 2 aromatic carbocycles. The van der Waals surface area contributed by atoms with Gasteiger partial charge in [-0.3, -0.25) is 9.48 Å². The van der Waals surface area contributed by atoms with Gasteiger partial charge in [0.05, 0.1) is 23.2 Å². The Kier molecular flexibility index (Phi) is 5.42. The monoisotopic (exact) mass is 443 g/mol. The SMILES string of the molecule is Cc1ccc(-c2cc(C(=O)Nc3cccc(Cl)c3)nn2C2CCS(=O)(=O)C2)cc1C. The van der Waals surface area contributed by atoms with Gasteiger partial charge in [0, 0.05) is 16.3 Å². The molecule has 1 saturated heterocycles. The predicted octanol–water partition coefficient (Wildman–Crippen LogP) is 4.43. The molecule has 0 saturated carbocycles. The number of amides is 1. The maximum atomic E-state index is 12.8. The third-order valence-corrected chi connectivity index (χ3v) is 7.39. The number of nitrogens with zero attached hydrogens (tertiary/aromatic N) is 2. The van der Waals surface area contributed by atoms with Gasteiger partial charge in [-0.25, -0.2) is 8.42 Å². The Morgan fingerprint density at radius 1 is 1.13 bits per heavy atom. The number of aromatic nitrogens is 2. The molecule has 6 nitrogen and oxygen atoms in total. The van der Waals surface area contributed by atoms with E-state index in [1.807, 2.05) is 32.0 Å². The maximum Gasteiger partial charge on any atom is 0.276 e. The molecular weight excluding hydrogens is 422 g/mol.